The highest BCUT2D eigenvalue weighted by molar-refractivity contribution is 6.19. The average molecular weight is 279 g/mol. The molecule has 3 heteroatoms. The number of Topliss-reactive ketones (excluding diaryl/α,β-unsaturated/α-hetero) is 1. The number of aliphatic hydroxyl groups is 1. The van der Waals surface area contributed by atoms with Crippen LogP contribution in [-0.2, 0) is 5.60 Å². The zero-order chi connectivity index (χ0) is 15.4. The van der Waals surface area contributed by atoms with E-state index in [0.29, 0.717) is 28.0 Å². The number of ketones is 1. The third kappa shape index (κ3) is 1.68. The van der Waals surface area contributed by atoms with Crippen LogP contribution in [0.1, 0.15) is 32.6 Å². The number of fused-ring (bicyclic) bond motifs is 1. The molecule has 3 nitrogen and oxygen atoms in total. The second-order valence-corrected chi connectivity index (χ2v) is 5.59. The monoisotopic (exact) mass is 279 g/mol. The van der Waals surface area contributed by atoms with Crippen LogP contribution >= 0.6 is 0 Å². The van der Waals surface area contributed by atoms with Gasteiger partial charge in [0.25, 0.3) is 0 Å². The van der Waals surface area contributed by atoms with Gasteiger partial charge in [0, 0.05) is 16.8 Å². The lowest BCUT2D eigenvalue weighted by molar-refractivity contribution is 0.0584. The van der Waals surface area contributed by atoms with Crippen molar-refractivity contribution >= 4 is 17.0 Å². The van der Waals surface area contributed by atoms with Crippen molar-refractivity contribution in [2.24, 2.45) is 0 Å². The lowest BCUT2D eigenvalue weighted by atomic mass is 9.84. The highest BCUT2D eigenvalue weighted by Crippen LogP contribution is 2.47. The minimum absolute atomic E-state index is 0.363. The number of aryl methyl sites for hydroxylation is 2. The van der Waals surface area contributed by atoms with E-state index >= 15 is 0 Å². The second kappa shape index (κ2) is 4.30. The fraction of sp³-hybridized carbons (Fsp3) is 0.167. The number of hydrogen-bond acceptors (Lipinski definition) is 3. The molecule has 2 aromatic rings. The smallest absolute Gasteiger partial charge is 0.204 e. The quantitative estimate of drug-likeness (QED) is 0.789. The van der Waals surface area contributed by atoms with Crippen molar-refractivity contribution in [2.75, 3.05) is 5.73 Å². The number of carbonyl (C=O) groups excluding carboxylic acids is 1. The fourth-order valence-electron chi connectivity index (χ4n) is 2.91. The summed E-state index contributed by atoms with van der Waals surface area (Å²) in [5.41, 5.74) is 8.67. The van der Waals surface area contributed by atoms with Gasteiger partial charge in [0.2, 0.25) is 5.78 Å². The molecule has 1 aliphatic carbocycles. The molecule has 21 heavy (non-hydrogen) atoms. The lowest BCUT2D eigenvalue weighted by Gasteiger charge is -2.25. The Balaban J connectivity index is 2.27. The molecule has 0 amide bonds. The first kappa shape index (κ1) is 13.6. The van der Waals surface area contributed by atoms with Crippen molar-refractivity contribution in [3.8, 4) is 0 Å². The minimum Gasteiger partial charge on any atom is -0.398 e. The van der Waals surface area contributed by atoms with Gasteiger partial charge in [-0.05, 0) is 42.2 Å². The van der Waals surface area contributed by atoms with Crippen LogP contribution < -0.4 is 5.73 Å². The summed E-state index contributed by atoms with van der Waals surface area (Å²) in [6.45, 7) is 7.81. The predicted molar refractivity (Wildman–Crippen MR) is 84.0 cm³/mol. The first-order chi connectivity index (χ1) is 9.87. The van der Waals surface area contributed by atoms with E-state index in [0.717, 1.165) is 11.1 Å². The largest absolute Gasteiger partial charge is 0.398 e. The Morgan fingerprint density at radius 1 is 1.10 bits per heavy atom. The molecule has 0 saturated carbocycles. The molecule has 3 rings (SSSR count). The predicted octanol–water partition coefficient (Wildman–Crippen LogP) is 2.98. The standard InChI is InChI=1S/C18H17NO2/c1-10-8-15(16(19)9-11(10)2)18(21)12(3)13-6-4-5-7-14(13)17(18)20/h4-9,21H,3,19H2,1-2H3. The first-order valence-electron chi connectivity index (χ1n) is 6.80. The molecule has 0 aliphatic heterocycles. The maximum Gasteiger partial charge on any atom is 0.204 e. The van der Waals surface area contributed by atoms with Crippen molar-refractivity contribution < 1.29 is 9.90 Å². The second-order valence-electron chi connectivity index (χ2n) is 5.59. The Hall–Kier alpha value is -2.39. The molecule has 1 atom stereocenters. The van der Waals surface area contributed by atoms with Gasteiger partial charge in [-0.25, -0.2) is 0 Å². The summed E-state index contributed by atoms with van der Waals surface area (Å²) in [6.07, 6.45) is 0. The van der Waals surface area contributed by atoms with Crippen LogP contribution in [0, 0.1) is 13.8 Å². The van der Waals surface area contributed by atoms with Gasteiger partial charge >= 0.3 is 0 Å². The summed E-state index contributed by atoms with van der Waals surface area (Å²) in [6, 6.07) is 10.7. The van der Waals surface area contributed by atoms with Crippen molar-refractivity contribution in [2.45, 2.75) is 19.4 Å². The van der Waals surface area contributed by atoms with Gasteiger partial charge < -0.3 is 10.8 Å². The van der Waals surface area contributed by atoms with E-state index < -0.39 is 5.60 Å². The molecule has 0 radical (unpaired) electrons. The Morgan fingerprint density at radius 2 is 1.67 bits per heavy atom. The number of anilines is 1. The molecule has 3 N–H and O–H groups in total. The van der Waals surface area contributed by atoms with E-state index in [1.54, 1.807) is 30.3 Å². The Bertz CT molecular complexity index is 755. The van der Waals surface area contributed by atoms with E-state index in [1.807, 2.05) is 19.9 Å². The average Bonchev–Trinajstić information content (AvgIpc) is 2.66. The molecular weight excluding hydrogens is 262 g/mol. The molecular formula is C18H17NO2. The van der Waals surface area contributed by atoms with Crippen LogP contribution in [-0.4, -0.2) is 10.9 Å². The zero-order valence-corrected chi connectivity index (χ0v) is 12.1. The van der Waals surface area contributed by atoms with E-state index in [9.17, 15) is 9.90 Å². The van der Waals surface area contributed by atoms with Gasteiger partial charge in [-0.2, -0.15) is 0 Å². The van der Waals surface area contributed by atoms with E-state index in [1.165, 1.54) is 0 Å². The summed E-state index contributed by atoms with van der Waals surface area (Å²) in [4.78, 5) is 12.7. The van der Waals surface area contributed by atoms with Crippen molar-refractivity contribution in [3.63, 3.8) is 0 Å². The van der Waals surface area contributed by atoms with Crippen LogP contribution in [0.5, 0.6) is 0 Å². The summed E-state index contributed by atoms with van der Waals surface area (Å²) in [5, 5.41) is 11.1. The third-order valence-corrected chi connectivity index (χ3v) is 4.32. The molecule has 0 fully saturated rings. The number of rotatable bonds is 1. The molecule has 106 valence electrons. The Kier molecular flexibility index (Phi) is 2.78. The number of nitrogen functional groups attached to an aromatic ring is 1. The summed E-state index contributed by atoms with van der Waals surface area (Å²) in [5.74, 6) is -0.363. The van der Waals surface area contributed by atoms with Gasteiger partial charge in [-0.15, -0.1) is 0 Å². The third-order valence-electron chi connectivity index (χ3n) is 4.32. The number of nitrogens with two attached hydrogens (primary N) is 1. The SMILES string of the molecule is C=C1c2ccccc2C(=O)C1(O)c1cc(C)c(C)cc1N. The molecule has 0 heterocycles. The molecule has 0 saturated heterocycles. The molecule has 0 spiro atoms. The number of hydrogen-bond donors (Lipinski definition) is 2. The molecule has 1 aliphatic rings. The van der Waals surface area contributed by atoms with Gasteiger partial charge in [-0.1, -0.05) is 36.9 Å². The van der Waals surface area contributed by atoms with Crippen LogP contribution in [0.3, 0.4) is 0 Å². The van der Waals surface area contributed by atoms with Crippen molar-refractivity contribution in [1.82, 2.24) is 0 Å². The van der Waals surface area contributed by atoms with Crippen molar-refractivity contribution in [3.05, 3.63) is 70.8 Å². The van der Waals surface area contributed by atoms with E-state index in [4.69, 9.17) is 5.73 Å². The lowest BCUT2D eigenvalue weighted by Crippen LogP contribution is -2.32. The Morgan fingerprint density at radius 3 is 2.29 bits per heavy atom. The highest BCUT2D eigenvalue weighted by Gasteiger charge is 2.49. The Labute approximate surface area is 123 Å². The summed E-state index contributed by atoms with van der Waals surface area (Å²) < 4.78 is 0. The van der Waals surface area contributed by atoms with Gasteiger partial charge in [0.1, 0.15) is 0 Å². The number of carbonyl (C=O) groups is 1. The molecule has 1 unspecified atom stereocenters. The fourth-order valence-corrected chi connectivity index (χ4v) is 2.91. The zero-order valence-electron chi connectivity index (χ0n) is 12.1. The van der Waals surface area contributed by atoms with Crippen LogP contribution in [0.2, 0.25) is 0 Å². The minimum atomic E-state index is -1.77. The van der Waals surface area contributed by atoms with Crippen molar-refractivity contribution in [1.29, 1.82) is 0 Å². The number of benzene rings is 2. The molecule has 0 aromatic heterocycles. The van der Waals surface area contributed by atoms with E-state index in [-0.39, 0.29) is 5.78 Å². The summed E-state index contributed by atoms with van der Waals surface area (Å²) >= 11 is 0. The molecule has 2 aromatic carbocycles. The normalized spacial score (nSPS) is 20.7. The van der Waals surface area contributed by atoms with Crippen LogP contribution in [0.15, 0.2) is 43.0 Å². The maximum atomic E-state index is 12.7. The maximum absolute atomic E-state index is 12.7. The summed E-state index contributed by atoms with van der Waals surface area (Å²) in [7, 11) is 0. The van der Waals surface area contributed by atoms with Gasteiger partial charge in [0.15, 0.2) is 5.60 Å². The molecule has 0 bridgehead atoms. The van der Waals surface area contributed by atoms with Gasteiger partial charge in [-0.3, -0.25) is 4.79 Å². The van der Waals surface area contributed by atoms with Gasteiger partial charge in [0.05, 0.1) is 0 Å². The first-order valence-corrected chi connectivity index (χ1v) is 6.80. The topological polar surface area (TPSA) is 63.3 Å². The highest BCUT2D eigenvalue weighted by atomic mass is 16.3. The van der Waals surface area contributed by atoms with E-state index in [2.05, 4.69) is 6.58 Å². The van der Waals surface area contributed by atoms with Crippen LogP contribution in [0.4, 0.5) is 5.69 Å². The van der Waals surface area contributed by atoms with Crippen LogP contribution in [0.25, 0.3) is 5.57 Å².